The van der Waals surface area contributed by atoms with Crippen molar-refractivity contribution in [2.75, 3.05) is 11.4 Å². The highest BCUT2D eigenvalue weighted by Crippen LogP contribution is 2.20. The number of carbonyl (C=O) groups is 2. The standard InChI is InChI=1S/C22H22N2O3S/c1-3-13-24(18-8-5-4-6-9-18)22(26)21(25)23(15-19-10-7-14-27-19)16-20-12-11-17(2)28-20/h3-12,14H,1,13,15-16H2,2H3. The Morgan fingerprint density at radius 1 is 1.04 bits per heavy atom. The molecule has 0 atom stereocenters. The van der Waals surface area contributed by atoms with Crippen molar-refractivity contribution in [3.05, 3.63) is 89.0 Å². The van der Waals surface area contributed by atoms with E-state index in [-0.39, 0.29) is 13.1 Å². The smallest absolute Gasteiger partial charge is 0.316 e. The van der Waals surface area contributed by atoms with Gasteiger partial charge < -0.3 is 14.2 Å². The second kappa shape index (κ2) is 9.19. The Balaban J connectivity index is 1.85. The van der Waals surface area contributed by atoms with Gasteiger partial charge in [-0.25, -0.2) is 0 Å². The summed E-state index contributed by atoms with van der Waals surface area (Å²) < 4.78 is 5.40. The van der Waals surface area contributed by atoms with Crippen molar-refractivity contribution in [1.82, 2.24) is 4.90 Å². The summed E-state index contributed by atoms with van der Waals surface area (Å²) >= 11 is 1.61. The van der Waals surface area contributed by atoms with Crippen molar-refractivity contribution in [1.29, 1.82) is 0 Å². The van der Waals surface area contributed by atoms with Gasteiger partial charge in [0.25, 0.3) is 0 Å². The van der Waals surface area contributed by atoms with Crippen molar-refractivity contribution >= 4 is 28.8 Å². The minimum atomic E-state index is -0.592. The van der Waals surface area contributed by atoms with Crippen LogP contribution in [0.25, 0.3) is 0 Å². The number of rotatable bonds is 7. The molecule has 0 aliphatic heterocycles. The van der Waals surface area contributed by atoms with Crippen LogP contribution in [0.15, 0.2) is 77.9 Å². The van der Waals surface area contributed by atoms with Crippen molar-refractivity contribution in [3.8, 4) is 0 Å². The number of hydrogen-bond donors (Lipinski definition) is 0. The molecule has 6 heteroatoms. The number of nitrogens with zero attached hydrogens (tertiary/aromatic N) is 2. The molecule has 144 valence electrons. The van der Waals surface area contributed by atoms with E-state index in [1.807, 2.05) is 37.3 Å². The summed E-state index contributed by atoms with van der Waals surface area (Å²) in [6.07, 6.45) is 3.17. The van der Waals surface area contributed by atoms with Gasteiger partial charge in [0.1, 0.15) is 5.76 Å². The summed E-state index contributed by atoms with van der Waals surface area (Å²) in [6, 6.07) is 16.7. The molecule has 28 heavy (non-hydrogen) atoms. The molecule has 0 spiro atoms. The zero-order valence-corrected chi connectivity index (χ0v) is 16.5. The molecule has 2 aromatic heterocycles. The van der Waals surface area contributed by atoms with Gasteiger partial charge in [-0.1, -0.05) is 24.3 Å². The summed E-state index contributed by atoms with van der Waals surface area (Å²) in [5, 5.41) is 0. The first kappa shape index (κ1) is 19.6. The Morgan fingerprint density at radius 3 is 2.43 bits per heavy atom. The lowest BCUT2D eigenvalue weighted by atomic mass is 10.2. The number of anilines is 1. The van der Waals surface area contributed by atoms with E-state index in [9.17, 15) is 9.59 Å². The Hall–Kier alpha value is -3.12. The molecule has 5 nitrogen and oxygen atoms in total. The van der Waals surface area contributed by atoms with Crippen LogP contribution in [-0.4, -0.2) is 23.3 Å². The number of thiophene rings is 1. The summed E-state index contributed by atoms with van der Waals surface area (Å²) in [4.78, 5) is 31.3. The number of furan rings is 1. The van der Waals surface area contributed by atoms with Crippen LogP contribution in [0.2, 0.25) is 0 Å². The third-order valence-electron chi connectivity index (χ3n) is 4.16. The predicted molar refractivity (Wildman–Crippen MR) is 111 cm³/mol. The lowest BCUT2D eigenvalue weighted by Crippen LogP contribution is -2.45. The Labute approximate surface area is 168 Å². The highest BCUT2D eigenvalue weighted by molar-refractivity contribution is 7.11. The van der Waals surface area contributed by atoms with Crippen molar-refractivity contribution in [3.63, 3.8) is 0 Å². The number of para-hydroxylation sites is 1. The number of aryl methyl sites for hydroxylation is 1. The Bertz CT molecular complexity index is 932. The zero-order valence-electron chi connectivity index (χ0n) is 15.7. The topological polar surface area (TPSA) is 53.8 Å². The molecule has 0 unspecified atom stereocenters. The maximum atomic E-state index is 13.1. The molecular formula is C22H22N2O3S. The Kier molecular flexibility index (Phi) is 6.45. The molecule has 0 aliphatic rings. The number of benzene rings is 1. The molecule has 0 N–H and O–H groups in total. The molecule has 2 heterocycles. The van der Waals surface area contributed by atoms with E-state index in [1.165, 1.54) is 9.80 Å². The first-order chi connectivity index (χ1) is 13.6. The van der Waals surface area contributed by atoms with E-state index in [1.54, 1.807) is 47.9 Å². The van der Waals surface area contributed by atoms with Gasteiger partial charge in [-0.05, 0) is 43.3 Å². The lowest BCUT2D eigenvalue weighted by molar-refractivity contribution is -0.145. The first-order valence-corrected chi connectivity index (χ1v) is 9.74. The van der Waals surface area contributed by atoms with Crippen molar-refractivity contribution in [2.24, 2.45) is 0 Å². The zero-order chi connectivity index (χ0) is 19.9. The predicted octanol–water partition coefficient (Wildman–Crippen LogP) is 4.40. The Morgan fingerprint density at radius 2 is 1.82 bits per heavy atom. The summed E-state index contributed by atoms with van der Waals surface area (Å²) in [7, 11) is 0. The summed E-state index contributed by atoms with van der Waals surface area (Å²) in [6.45, 7) is 6.55. The summed E-state index contributed by atoms with van der Waals surface area (Å²) in [5.41, 5.74) is 0.658. The lowest BCUT2D eigenvalue weighted by Gasteiger charge is -2.26. The highest BCUT2D eigenvalue weighted by Gasteiger charge is 2.28. The largest absolute Gasteiger partial charge is 0.467 e. The monoisotopic (exact) mass is 394 g/mol. The average molecular weight is 394 g/mol. The molecule has 0 radical (unpaired) electrons. The van der Waals surface area contributed by atoms with Crippen LogP contribution < -0.4 is 4.90 Å². The molecule has 0 fully saturated rings. The third-order valence-corrected chi connectivity index (χ3v) is 5.15. The molecule has 2 amide bonds. The molecule has 0 bridgehead atoms. The maximum absolute atomic E-state index is 13.1. The maximum Gasteiger partial charge on any atom is 0.316 e. The highest BCUT2D eigenvalue weighted by atomic mass is 32.1. The van der Waals surface area contributed by atoms with Gasteiger partial charge in [0.15, 0.2) is 0 Å². The van der Waals surface area contributed by atoms with Crippen LogP contribution in [0, 0.1) is 6.92 Å². The van der Waals surface area contributed by atoms with Crippen LogP contribution in [0.5, 0.6) is 0 Å². The average Bonchev–Trinajstić information content (AvgIpc) is 3.37. The fraction of sp³-hybridized carbons (Fsp3) is 0.182. The molecule has 3 rings (SSSR count). The van der Waals surface area contributed by atoms with E-state index in [0.29, 0.717) is 18.0 Å². The molecule has 3 aromatic rings. The third kappa shape index (κ3) is 4.78. The molecule has 1 aromatic carbocycles. The van der Waals surface area contributed by atoms with Crippen molar-refractivity contribution in [2.45, 2.75) is 20.0 Å². The van der Waals surface area contributed by atoms with E-state index in [0.717, 1.165) is 9.75 Å². The SMILES string of the molecule is C=CCN(C(=O)C(=O)N(Cc1ccco1)Cc1ccc(C)s1)c1ccccc1. The fourth-order valence-electron chi connectivity index (χ4n) is 2.84. The van der Waals surface area contributed by atoms with E-state index < -0.39 is 11.8 Å². The van der Waals surface area contributed by atoms with Crippen LogP contribution in [0.1, 0.15) is 15.5 Å². The van der Waals surface area contributed by atoms with Gasteiger partial charge in [-0.3, -0.25) is 9.59 Å². The van der Waals surface area contributed by atoms with E-state index in [2.05, 4.69) is 6.58 Å². The fourth-order valence-corrected chi connectivity index (χ4v) is 3.75. The summed E-state index contributed by atoms with van der Waals surface area (Å²) in [5.74, 6) is -0.538. The van der Waals surface area contributed by atoms with Crippen LogP contribution in [0.4, 0.5) is 5.69 Å². The minimum Gasteiger partial charge on any atom is -0.467 e. The number of carbonyl (C=O) groups excluding carboxylic acids is 2. The van der Waals surface area contributed by atoms with Crippen LogP contribution >= 0.6 is 11.3 Å². The molecule has 0 saturated heterocycles. The van der Waals surface area contributed by atoms with Gasteiger partial charge in [-0.15, -0.1) is 17.9 Å². The van der Waals surface area contributed by atoms with Gasteiger partial charge in [0.05, 0.1) is 19.4 Å². The number of amides is 2. The van der Waals surface area contributed by atoms with Crippen molar-refractivity contribution < 1.29 is 14.0 Å². The van der Waals surface area contributed by atoms with Gasteiger partial charge in [0.2, 0.25) is 0 Å². The van der Waals surface area contributed by atoms with E-state index >= 15 is 0 Å². The minimum absolute atomic E-state index is 0.227. The van der Waals surface area contributed by atoms with Crippen LogP contribution in [-0.2, 0) is 22.7 Å². The first-order valence-electron chi connectivity index (χ1n) is 8.93. The normalized spacial score (nSPS) is 10.5. The second-order valence-corrected chi connectivity index (χ2v) is 7.67. The van der Waals surface area contributed by atoms with Gasteiger partial charge in [-0.2, -0.15) is 0 Å². The molecule has 0 saturated carbocycles. The second-order valence-electron chi connectivity index (χ2n) is 6.29. The van der Waals surface area contributed by atoms with Gasteiger partial charge >= 0.3 is 11.8 Å². The van der Waals surface area contributed by atoms with Crippen LogP contribution in [0.3, 0.4) is 0 Å². The van der Waals surface area contributed by atoms with Gasteiger partial charge in [0, 0.05) is 22.0 Å². The molecule has 0 aliphatic carbocycles. The van der Waals surface area contributed by atoms with E-state index in [4.69, 9.17) is 4.42 Å². The quantitative estimate of drug-likeness (QED) is 0.441. The number of hydrogen-bond acceptors (Lipinski definition) is 4. The molecular weight excluding hydrogens is 372 g/mol.